The number of hydrogen-bond donors (Lipinski definition) is 2. The van der Waals surface area contributed by atoms with Gasteiger partial charge in [-0.25, -0.2) is 4.98 Å². The first kappa shape index (κ1) is 13.1. The highest BCUT2D eigenvalue weighted by Gasteiger charge is 2.30. The average Bonchev–Trinajstić information content (AvgIpc) is 2.38. The van der Waals surface area contributed by atoms with Gasteiger partial charge in [-0.05, 0) is 24.3 Å². The summed E-state index contributed by atoms with van der Waals surface area (Å²) in [6, 6.07) is 6.49. The Labute approximate surface area is 107 Å². The number of alkyl halides is 3. The fourth-order valence-corrected chi connectivity index (χ4v) is 1.47. The molecule has 0 fully saturated rings. The Morgan fingerprint density at radius 1 is 1.16 bits per heavy atom. The number of hydrogen-bond acceptors (Lipinski definition) is 4. The maximum Gasteiger partial charge on any atom is 0.416 e. The van der Waals surface area contributed by atoms with Gasteiger partial charge in [0, 0.05) is 18.9 Å². The Bertz CT molecular complexity index is 569. The van der Waals surface area contributed by atoms with Crippen molar-refractivity contribution < 1.29 is 13.2 Å². The van der Waals surface area contributed by atoms with Crippen LogP contribution in [0.15, 0.2) is 36.5 Å². The Balaban J connectivity index is 2.23. The number of nitrogens with one attached hydrogen (secondary N) is 2. The predicted octanol–water partition coefficient (Wildman–Crippen LogP) is 3.28. The molecule has 2 rings (SSSR count). The molecule has 0 spiro atoms. The zero-order chi connectivity index (χ0) is 13.9. The Kier molecular flexibility index (Phi) is 3.55. The van der Waals surface area contributed by atoms with E-state index in [4.69, 9.17) is 0 Å². The molecule has 2 aromatic rings. The van der Waals surface area contributed by atoms with E-state index in [0.717, 1.165) is 12.1 Å². The number of anilines is 3. The Hall–Kier alpha value is -2.31. The molecule has 0 amide bonds. The summed E-state index contributed by atoms with van der Waals surface area (Å²) in [5.74, 6) is 0.802. The van der Waals surface area contributed by atoms with E-state index in [1.165, 1.54) is 18.3 Å². The molecule has 0 aliphatic rings. The van der Waals surface area contributed by atoms with Crippen molar-refractivity contribution in [2.75, 3.05) is 17.7 Å². The maximum absolute atomic E-state index is 12.6. The van der Waals surface area contributed by atoms with E-state index in [-0.39, 0.29) is 0 Å². The third-order valence-corrected chi connectivity index (χ3v) is 2.34. The van der Waals surface area contributed by atoms with Crippen LogP contribution in [0.5, 0.6) is 0 Å². The van der Waals surface area contributed by atoms with Crippen LogP contribution >= 0.6 is 0 Å². The van der Waals surface area contributed by atoms with Crippen molar-refractivity contribution in [3.8, 4) is 0 Å². The number of rotatable bonds is 3. The molecule has 4 nitrogen and oxygen atoms in total. The van der Waals surface area contributed by atoms with Crippen LogP contribution in [0.2, 0.25) is 0 Å². The normalized spacial score (nSPS) is 11.2. The lowest BCUT2D eigenvalue weighted by Gasteiger charge is -2.10. The fourth-order valence-electron chi connectivity index (χ4n) is 1.47. The molecule has 0 unspecified atom stereocenters. The third kappa shape index (κ3) is 3.34. The highest BCUT2D eigenvalue weighted by molar-refractivity contribution is 5.57. The van der Waals surface area contributed by atoms with E-state index in [0.29, 0.717) is 17.5 Å². The number of benzene rings is 1. The van der Waals surface area contributed by atoms with E-state index >= 15 is 0 Å². The molecule has 0 saturated heterocycles. The van der Waals surface area contributed by atoms with Gasteiger partial charge in [-0.1, -0.05) is 6.07 Å². The van der Waals surface area contributed by atoms with Gasteiger partial charge in [-0.3, -0.25) is 0 Å². The van der Waals surface area contributed by atoms with Crippen molar-refractivity contribution in [3.63, 3.8) is 0 Å². The van der Waals surface area contributed by atoms with Crippen LogP contribution < -0.4 is 10.6 Å². The van der Waals surface area contributed by atoms with Crippen LogP contribution in [0.4, 0.5) is 30.6 Å². The summed E-state index contributed by atoms with van der Waals surface area (Å²) < 4.78 is 37.7. The molecular weight excluding hydrogens is 257 g/mol. The van der Waals surface area contributed by atoms with Gasteiger partial charge in [0.15, 0.2) is 0 Å². The number of nitrogens with zero attached hydrogens (tertiary/aromatic N) is 2. The molecular formula is C12H11F3N4. The van der Waals surface area contributed by atoms with E-state index < -0.39 is 11.7 Å². The third-order valence-electron chi connectivity index (χ3n) is 2.34. The van der Waals surface area contributed by atoms with Crippen molar-refractivity contribution in [1.29, 1.82) is 0 Å². The van der Waals surface area contributed by atoms with Gasteiger partial charge >= 0.3 is 6.18 Å². The van der Waals surface area contributed by atoms with Gasteiger partial charge in [0.1, 0.15) is 5.82 Å². The number of halogens is 3. The second-order valence-corrected chi connectivity index (χ2v) is 3.72. The zero-order valence-corrected chi connectivity index (χ0v) is 9.99. The van der Waals surface area contributed by atoms with Crippen molar-refractivity contribution >= 4 is 17.5 Å². The molecule has 0 bridgehead atoms. The maximum atomic E-state index is 12.6. The molecule has 0 saturated carbocycles. The fraction of sp³-hybridized carbons (Fsp3) is 0.167. The first-order valence-corrected chi connectivity index (χ1v) is 5.44. The lowest BCUT2D eigenvalue weighted by Crippen LogP contribution is -2.05. The van der Waals surface area contributed by atoms with Crippen LogP contribution in [0.25, 0.3) is 0 Å². The molecule has 19 heavy (non-hydrogen) atoms. The molecule has 0 atom stereocenters. The zero-order valence-electron chi connectivity index (χ0n) is 9.99. The lowest BCUT2D eigenvalue weighted by atomic mass is 10.2. The van der Waals surface area contributed by atoms with Gasteiger partial charge in [0.25, 0.3) is 0 Å². The average molecular weight is 268 g/mol. The van der Waals surface area contributed by atoms with Gasteiger partial charge < -0.3 is 10.6 Å². The van der Waals surface area contributed by atoms with Crippen LogP contribution in [0, 0.1) is 0 Å². The standard InChI is InChI=1S/C12H11F3N4/c1-16-11-17-6-5-10(19-11)18-9-4-2-3-8(7-9)12(13,14)15/h2-7H,1H3,(H2,16,17,18,19). The van der Waals surface area contributed by atoms with Crippen molar-refractivity contribution in [2.24, 2.45) is 0 Å². The SMILES string of the molecule is CNc1nccc(Nc2cccc(C(F)(F)F)c2)n1. The molecule has 1 aromatic heterocycles. The molecule has 7 heteroatoms. The summed E-state index contributed by atoms with van der Waals surface area (Å²) in [6.45, 7) is 0. The second kappa shape index (κ2) is 5.13. The summed E-state index contributed by atoms with van der Waals surface area (Å²) in [5.41, 5.74) is -0.393. The topological polar surface area (TPSA) is 49.8 Å². The highest BCUT2D eigenvalue weighted by atomic mass is 19.4. The van der Waals surface area contributed by atoms with Crippen LogP contribution in [0.3, 0.4) is 0 Å². The summed E-state index contributed by atoms with van der Waals surface area (Å²) in [5, 5.41) is 5.55. The van der Waals surface area contributed by atoms with E-state index in [1.807, 2.05) is 0 Å². The highest BCUT2D eigenvalue weighted by Crippen LogP contribution is 2.31. The van der Waals surface area contributed by atoms with Gasteiger partial charge in [0.05, 0.1) is 5.56 Å². The molecule has 1 aromatic carbocycles. The monoisotopic (exact) mass is 268 g/mol. The van der Waals surface area contributed by atoms with E-state index in [9.17, 15) is 13.2 Å². The summed E-state index contributed by atoms with van der Waals surface area (Å²) in [7, 11) is 1.66. The second-order valence-electron chi connectivity index (χ2n) is 3.72. The Morgan fingerprint density at radius 2 is 1.95 bits per heavy atom. The van der Waals surface area contributed by atoms with Crippen molar-refractivity contribution in [2.45, 2.75) is 6.18 Å². The molecule has 0 aliphatic heterocycles. The van der Waals surface area contributed by atoms with Crippen molar-refractivity contribution in [3.05, 3.63) is 42.1 Å². The lowest BCUT2D eigenvalue weighted by molar-refractivity contribution is -0.137. The quantitative estimate of drug-likeness (QED) is 0.897. The Morgan fingerprint density at radius 3 is 2.63 bits per heavy atom. The predicted molar refractivity (Wildman–Crippen MR) is 66.3 cm³/mol. The summed E-state index contributed by atoms with van der Waals surface area (Å²) in [4.78, 5) is 7.98. The van der Waals surface area contributed by atoms with Crippen LogP contribution in [-0.2, 0) is 6.18 Å². The minimum Gasteiger partial charge on any atom is -0.357 e. The molecule has 1 heterocycles. The molecule has 100 valence electrons. The molecule has 0 radical (unpaired) electrons. The first-order chi connectivity index (χ1) is 8.99. The van der Waals surface area contributed by atoms with E-state index in [1.54, 1.807) is 13.1 Å². The van der Waals surface area contributed by atoms with E-state index in [2.05, 4.69) is 20.6 Å². The largest absolute Gasteiger partial charge is 0.416 e. The van der Waals surface area contributed by atoms with Gasteiger partial charge in [-0.15, -0.1) is 0 Å². The minimum atomic E-state index is -4.36. The van der Waals surface area contributed by atoms with Gasteiger partial charge in [-0.2, -0.15) is 18.2 Å². The van der Waals surface area contributed by atoms with Crippen LogP contribution in [-0.4, -0.2) is 17.0 Å². The first-order valence-electron chi connectivity index (χ1n) is 5.44. The summed E-state index contributed by atoms with van der Waals surface area (Å²) in [6.07, 6.45) is -2.85. The smallest absolute Gasteiger partial charge is 0.357 e. The van der Waals surface area contributed by atoms with Gasteiger partial charge in [0.2, 0.25) is 5.95 Å². The molecule has 0 aliphatic carbocycles. The number of aromatic nitrogens is 2. The summed E-state index contributed by atoms with van der Waals surface area (Å²) >= 11 is 0. The van der Waals surface area contributed by atoms with Crippen LogP contribution in [0.1, 0.15) is 5.56 Å². The van der Waals surface area contributed by atoms with Crippen molar-refractivity contribution in [1.82, 2.24) is 9.97 Å². The molecule has 2 N–H and O–H groups in total. The minimum absolute atomic E-state index is 0.315.